The lowest BCUT2D eigenvalue weighted by molar-refractivity contribution is -0.139. The first-order chi connectivity index (χ1) is 18.2. The van der Waals surface area contributed by atoms with Gasteiger partial charge in [0.1, 0.15) is 12.4 Å². The zero-order valence-corrected chi connectivity index (χ0v) is 21.7. The maximum atomic E-state index is 13.7. The Morgan fingerprint density at radius 3 is 2.66 bits per heavy atom. The van der Waals surface area contributed by atoms with Crippen LogP contribution in [0.1, 0.15) is 92.1 Å². The van der Waals surface area contributed by atoms with Gasteiger partial charge in [-0.3, -0.25) is 4.79 Å². The molecule has 9 heteroatoms. The van der Waals surface area contributed by atoms with Gasteiger partial charge in [0.05, 0.1) is 17.4 Å². The minimum atomic E-state index is -4.52. The summed E-state index contributed by atoms with van der Waals surface area (Å²) in [5, 5.41) is 16.6. The molecule has 1 saturated carbocycles. The quantitative estimate of drug-likeness (QED) is 0.189. The van der Waals surface area contributed by atoms with E-state index in [9.17, 15) is 18.0 Å². The molecule has 1 unspecified atom stereocenters. The van der Waals surface area contributed by atoms with E-state index in [1.54, 1.807) is 6.07 Å². The summed E-state index contributed by atoms with van der Waals surface area (Å²) < 4.78 is 46.8. The molecule has 0 saturated heterocycles. The van der Waals surface area contributed by atoms with Gasteiger partial charge in [0.25, 0.3) is 0 Å². The number of hydrogen-bond acceptors (Lipinski definition) is 5. The van der Waals surface area contributed by atoms with E-state index in [1.165, 1.54) is 17.2 Å². The Morgan fingerprint density at radius 1 is 1.13 bits per heavy atom. The predicted molar refractivity (Wildman–Crippen MR) is 138 cm³/mol. The number of oxime groups is 1. The van der Waals surface area contributed by atoms with Crippen molar-refractivity contribution < 1.29 is 32.6 Å². The molecule has 2 aliphatic carbocycles. The molecule has 0 aromatic heterocycles. The number of aliphatic carboxylic acids is 1. The molecule has 6 nitrogen and oxygen atoms in total. The lowest BCUT2D eigenvalue weighted by atomic mass is 9.84. The third-order valence-electron chi connectivity index (χ3n) is 7.23. The molecule has 2 N–H and O–H groups in total. The van der Waals surface area contributed by atoms with Crippen molar-refractivity contribution in [2.24, 2.45) is 5.16 Å². The summed E-state index contributed by atoms with van der Waals surface area (Å²) in [5.74, 6) is -0.928. The van der Waals surface area contributed by atoms with E-state index in [-0.39, 0.29) is 30.9 Å². The van der Waals surface area contributed by atoms with Gasteiger partial charge in [-0.2, -0.15) is 13.2 Å². The fraction of sp³-hybridized carbons (Fsp3) is 0.517. The van der Waals surface area contributed by atoms with Crippen molar-refractivity contribution in [3.8, 4) is 5.75 Å². The van der Waals surface area contributed by atoms with E-state index in [0.717, 1.165) is 56.6 Å². The van der Waals surface area contributed by atoms with Gasteiger partial charge in [0.2, 0.25) is 0 Å². The molecular weight excluding hydrogens is 497 g/mol. The number of halogens is 3. The molecule has 1 fully saturated rings. The molecule has 2 aliphatic rings. The van der Waals surface area contributed by atoms with Crippen molar-refractivity contribution in [2.75, 3.05) is 6.54 Å². The average molecular weight is 533 g/mol. The number of fused-ring (bicyclic) bond motifs is 1. The van der Waals surface area contributed by atoms with E-state index < -0.39 is 17.7 Å². The van der Waals surface area contributed by atoms with Crippen molar-refractivity contribution in [3.05, 3.63) is 64.2 Å². The molecular formula is C29H35F3N2O4. The Bertz CT molecular complexity index is 1140. The fourth-order valence-corrected chi connectivity index (χ4v) is 5.35. The zero-order valence-electron chi connectivity index (χ0n) is 21.7. The van der Waals surface area contributed by atoms with Gasteiger partial charge in [-0.15, -0.1) is 0 Å². The number of carbonyl (C=O) groups is 1. The first-order valence-corrected chi connectivity index (χ1v) is 13.3. The van der Waals surface area contributed by atoms with Gasteiger partial charge >= 0.3 is 12.1 Å². The number of nitrogens with one attached hydrogen (secondary N) is 1. The van der Waals surface area contributed by atoms with Crippen molar-refractivity contribution in [3.63, 3.8) is 0 Å². The Hall–Kier alpha value is -3.07. The molecule has 206 valence electrons. The van der Waals surface area contributed by atoms with Crippen LogP contribution in [0.15, 0.2) is 41.6 Å². The first-order valence-electron chi connectivity index (χ1n) is 13.3. The highest BCUT2D eigenvalue weighted by Crippen LogP contribution is 2.39. The molecule has 2 aromatic carbocycles. The molecule has 38 heavy (non-hydrogen) atoms. The van der Waals surface area contributed by atoms with Crippen molar-refractivity contribution in [1.29, 1.82) is 0 Å². The predicted octanol–water partition coefficient (Wildman–Crippen LogP) is 6.80. The zero-order chi connectivity index (χ0) is 27.1. The van der Waals surface area contributed by atoms with E-state index in [4.69, 9.17) is 14.7 Å². The summed E-state index contributed by atoms with van der Waals surface area (Å²) >= 11 is 0. The van der Waals surface area contributed by atoms with Crippen LogP contribution in [0.4, 0.5) is 13.2 Å². The maximum Gasteiger partial charge on any atom is 0.419 e. The highest BCUT2D eigenvalue weighted by molar-refractivity contribution is 6.00. The Labute approximate surface area is 221 Å². The topological polar surface area (TPSA) is 80.2 Å². The van der Waals surface area contributed by atoms with Crippen LogP contribution in [-0.2, 0) is 28.8 Å². The normalized spacial score (nSPS) is 18.3. The van der Waals surface area contributed by atoms with E-state index in [0.29, 0.717) is 24.2 Å². The van der Waals surface area contributed by atoms with Crippen LogP contribution in [0.2, 0.25) is 0 Å². The monoisotopic (exact) mass is 532 g/mol. The number of hydrogen-bond donors (Lipinski definition) is 2. The standard InChI is InChI=1S/C29H35F3N2O4/c1-19(22-9-4-11-24-23(22)10-5-12-26(24)33-16-6-13-28(35)36)34-37-18-20-14-15-27(25(17-20)29(30,31)32)38-21-7-2-3-8-21/h4,9,11,14-15,17,21,26,33H,2-3,5-8,10,12-13,16,18H2,1H3,(H,35,36)/b34-19+. The van der Waals surface area contributed by atoms with Gasteiger partial charge in [-0.25, -0.2) is 0 Å². The second-order valence-corrected chi connectivity index (χ2v) is 10.1. The smallest absolute Gasteiger partial charge is 0.419 e. The number of rotatable bonds is 11. The summed E-state index contributed by atoms with van der Waals surface area (Å²) in [5.41, 5.74) is 3.54. The van der Waals surface area contributed by atoms with Crippen LogP contribution < -0.4 is 10.1 Å². The Balaban J connectivity index is 1.42. The summed E-state index contributed by atoms with van der Waals surface area (Å²) in [7, 11) is 0. The lowest BCUT2D eigenvalue weighted by Crippen LogP contribution is -2.27. The molecule has 0 aliphatic heterocycles. The molecule has 0 radical (unpaired) electrons. The van der Waals surface area contributed by atoms with Crippen LogP contribution in [0, 0.1) is 0 Å². The molecule has 0 spiro atoms. The third kappa shape index (κ3) is 7.28. The second kappa shape index (κ2) is 12.7. The highest BCUT2D eigenvalue weighted by Gasteiger charge is 2.35. The van der Waals surface area contributed by atoms with E-state index in [1.807, 2.05) is 19.1 Å². The van der Waals surface area contributed by atoms with Crippen LogP contribution in [0.5, 0.6) is 5.75 Å². The largest absolute Gasteiger partial charge is 0.490 e. The van der Waals surface area contributed by atoms with Crippen LogP contribution in [-0.4, -0.2) is 29.4 Å². The second-order valence-electron chi connectivity index (χ2n) is 10.1. The van der Waals surface area contributed by atoms with Gasteiger partial charge in [0, 0.05) is 18.0 Å². The number of carboxylic acid groups (broad SMARTS) is 1. The van der Waals surface area contributed by atoms with Crippen molar-refractivity contribution >= 4 is 11.7 Å². The minimum Gasteiger partial charge on any atom is -0.490 e. The SMILES string of the molecule is C/C(=N\OCc1ccc(OC2CCCC2)c(C(F)(F)F)c1)c1cccc2c1CCCC2NCCCC(=O)O. The van der Waals surface area contributed by atoms with Gasteiger partial charge < -0.3 is 20.0 Å². The van der Waals surface area contributed by atoms with Gasteiger partial charge in [0.15, 0.2) is 0 Å². The lowest BCUT2D eigenvalue weighted by Gasteiger charge is -2.28. The third-order valence-corrected chi connectivity index (χ3v) is 7.23. The summed E-state index contributed by atoms with van der Waals surface area (Å²) in [6.45, 7) is 2.37. The minimum absolute atomic E-state index is 0.0904. The van der Waals surface area contributed by atoms with Gasteiger partial charge in [-0.1, -0.05) is 29.4 Å². The number of ether oxygens (including phenoxy) is 1. The fourth-order valence-electron chi connectivity index (χ4n) is 5.35. The molecule has 4 rings (SSSR count). The highest BCUT2D eigenvalue weighted by atomic mass is 19.4. The first kappa shape index (κ1) is 28.0. The number of carboxylic acids is 1. The Kier molecular flexibility index (Phi) is 9.31. The molecule has 0 amide bonds. The number of alkyl halides is 3. The Morgan fingerprint density at radius 2 is 1.92 bits per heavy atom. The molecule has 0 heterocycles. The van der Waals surface area contributed by atoms with Crippen LogP contribution in [0.3, 0.4) is 0 Å². The summed E-state index contributed by atoms with van der Waals surface area (Å²) in [4.78, 5) is 16.3. The molecule has 0 bridgehead atoms. The van der Waals surface area contributed by atoms with Crippen LogP contribution in [0.25, 0.3) is 0 Å². The van der Waals surface area contributed by atoms with Gasteiger partial charge in [-0.05, 0) is 93.7 Å². The molecule has 2 aromatic rings. The van der Waals surface area contributed by atoms with Crippen molar-refractivity contribution in [1.82, 2.24) is 5.32 Å². The molecule has 1 atom stereocenters. The number of benzene rings is 2. The number of nitrogens with zero attached hydrogens (tertiary/aromatic N) is 1. The average Bonchev–Trinajstić information content (AvgIpc) is 3.39. The van der Waals surface area contributed by atoms with Crippen LogP contribution >= 0.6 is 0 Å². The summed E-state index contributed by atoms with van der Waals surface area (Å²) in [6.07, 6.45) is 2.38. The maximum absolute atomic E-state index is 13.7. The van der Waals surface area contributed by atoms with Crippen molar-refractivity contribution in [2.45, 2.75) is 89.6 Å². The van der Waals surface area contributed by atoms with E-state index >= 15 is 0 Å². The summed E-state index contributed by atoms with van der Waals surface area (Å²) in [6, 6.07) is 10.2. The van der Waals surface area contributed by atoms with E-state index in [2.05, 4.69) is 16.5 Å².